The van der Waals surface area contributed by atoms with Crippen LogP contribution in [0.15, 0.2) is 78.9 Å². The topological polar surface area (TPSA) is 97.6 Å². The molecule has 7 nitrogen and oxygen atoms in total. The Kier molecular flexibility index (Phi) is 5.47. The van der Waals surface area contributed by atoms with Crippen LogP contribution < -0.4 is 4.90 Å². The molecule has 1 saturated carbocycles. The number of nitro benzene ring substituents is 1. The predicted molar refractivity (Wildman–Crippen MR) is 147 cm³/mol. The van der Waals surface area contributed by atoms with E-state index in [1.807, 2.05) is 74.5 Å². The molecule has 39 heavy (non-hydrogen) atoms. The van der Waals surface area contributed by atoms with Gasteiger partial charge in [0.05, 0.1) is 33.3 Å². The Hall–Kier alpha value is -4.39. The van der Waals surface area contributed by atoms with Crippen LogP contribution in [-0.4, -0.2) is 22.5 Å². The Morgan fingerprint density at radius 1 is 0.769 bits per heavy atom. The van der Waals surface area contributed by atoms with Gasteiger partial charge in [-0.25, -0.2) is 4.90 Å². The van der Waals surface area contributed by atoms with Crippen LogP contribution in [0.25, 0.3) is 11.1 Å². The van der Waals surface area contributed by atoms with Gasteiger partial charge < -0.3 is 0 Å². The van der Waals surface area contributed by atoms with Crippen molar-refractivity contribution in [3.8, 4) is 0 Å². The molecule has 2 amide bonds. The second-order valence-electron chi connectivity index (χ2n) is 10.7. The minimum Gasteiger partial charge on any atom is -0.298 e. The number of amides is 2. The van der Waals surface area contributed by atoms with Gasteiger partial charge in [0.25, 0.3) is 5.69 Å². The van der Waals surface area contributed by atoms with Crippen LogP contribution in [0.3, 0.4) is 0 Å². The van der Waals surface area contributed by atoms with E-state index in [4.69, 9.17) is 0 Å². The normalized spacial score (nSPS) is 27.5. The molecular formula is C32H28N2O5. The monoisotopic (exact) mass is 520 g/mol. The number of nitrogens with zero attached hydrogens (tertiary/aromatic N) is 2. The maximum Gasteiger partial charge on any atom is 0.269 e. The van der Waals surface area contributed by atoms with Crippen molar-refractivity contribution < 1.29 is 19.3 Å². The molecule has 1 saturated heterocycles. The van der Waals surface area contributed by atoms with Gasteiger partial charge in [0.15, 0.2) is 5.78 Å². The molecule has 6 rings (SSSR count). The number of hydrogen-bond acceptors (Lipinski definition) is 5. The number of benzene rings is 3. The maximum absolute atomic E-state index is 14.7. The smallest absolute Gasteiger partial charge is 0.269 e. The van der Waals surface area contributed by atoms with Gasteiger partial charge in [0.1, 0.15) is 0 Å². The lowest BCUT2D eigenvalue weighted by molar-refractivity contribution is -0.384. The van der Waals surface area contributed by atoms with Crippen LogP contribution in [0.4, 0.5) is 11.4 Å². The van der Waals surface area contributed by atoms with Crippen molar-refractivity contribution in [2.75, 3.05) is 4.90 Å². The number of allylic oxidation sites excluding steroid dienone is 2. The van der Waals surface area contributed by atoms with Crippen molar-refractivity contribution in [1.82, 2.24) is 0 Å². The number of hydrogen-bond donors (Lipinski definition) is 0. The number of rotatable bonds is 6. The molecule has 1 heterocycles. The molecule has 1 aliphatic heterocycles. The molecule has 3 aromatic carbocycles. The van der Waals surface area contributed by atoms with Crippen molar-refractivity contribution in [3.05, 3.63) is 106 Å². The fraction of sp³-hybridized carbons (Fsp3) is 0.281. The molecule has 0 unspecified atom stereocenters. The number of non-ortho nitro benzene ring substituents is 1. The summed E-state index contributed by atoms with van der Waals surface area (Å²) in [4.78, 5) is 55.4. The zero-order valence-corrected chi connectivity index (χ0v) is 22.0. The standard InChI is InChI=1S/C32H28N2O5/c1-4-31-24(20-12-8-6-9-13-20)25(21-14-10-7-11-15-21)32(5-2,30(31)37)27-26(31)28(35)33(29(27)36)23-17-16-22(34(38)39)18-19(23)3/h6-18,26-27H,4-5H2,1-3H3/t26-,27-,31-,32+/m0/s1. The lowest BCUT2D eigenvalue weighted by atomic mass is 9.60. The molecular weight excluding hydrogens is 492 g/mol. The molecule has 0 aromatic heterocycles. The van der Waals surface area contributed by atoms with E-state index in [9.17, 15) is 24.5 Å². The maximum atomic E-state index is 14.7. The van der Waals surface area contributed by atoms with Crippen molar-refractivity contribution in [1.29, 1.82) is 0 Å². The van der Waals surface area contributed by atoms with Crippen LogP contribution >= 0.6 is 0 Å². The number of nitro groups is 1. The van der Waals surface area contributed by atoms with Crippen LogP contribution in [0, 0.1) is 39.7 Å². The van der Waals surface area contributed by atoms with Crippen LogP contribution in [-0.2, 0) is 14.4 Å². The molecule has 2 fully saturated rings. The number of fused-ring (bicyclic) bond motifs is 5. The average molecular weight is 521 g/mol. The van der Waals surface area contributed by atoms with E-state index in [-0.39, 0.29) is 11.5 Å². The minimum absolute atomic E-state index is 0.0468. The molecule has 2 bridgehead atoms. The Bertz CT molecular complexity index is 1510. The Morgan fingerprint density at radius 3 is 1.62 bits per heavy atom. The van der Waals surface area contributed by atoms with E-state index in [2.05, 4.69) is 0 Å². The number of ketones is 1. The summed E-state index contributed by atoms with van der Waals surface area (Å²) in [6.45, 7) is 5.51. The third-order valence-electron chi connectivity index (χ3n) is 9.19. The predicted octanol–water partition coefficient (Wildman–Crippen LogP) is 6.01. The number of Topliss-reactive ketones (excluding diaryl/α,β-unsaturated/α-hetero) is 1. The minimum atomic E-state index is -1.16. The van der Waals surface area contributed by atoms with Crippen LogP contribution in [0.5, 0.6) is 0 Å². The Balaban J connectivity index is 1.63. The third kappa shape index (κ3) is 2.95. The van der Waals surface area contributed by atoms with Gasteiger partial charge in [0, 0.05) is 12.1 Å². The van der Waals surface area contributed by atoms with Crippen molar-refractivity contribution >= 4 is 40.1 Å². The average Bonchev–Trinajstić information content (AvgIpc) is 3.45. The highest BCUT2D eigenvalue weighted by molar-refractivity contribution is 6.34. The second-order valence-corrected chi connectivity index (χ2v) is 10.7. The Morgan fingerprint density at radius 2 is 1.23 bits per heavy atom. The SMILES string of the molecule is CC[C@]12C(=O)[C@](CC)(C(c3ccccc3)=C1c1ccccc1)[C@@H]1C(=O)N(c3ccc([N+](=O)[O-])cc3C)C(=O)[C@H]12. The number of imide groups is 1. The summed E-state index contributed by atoms with van der Waals surface area (Å²) >= 11 is 0. The van der Waals surface area contributed by atoms with Gasteiger partial charge in [0.2, 0.25) is 11.8 Å². The first-order valence-electron chi connectivity index (χ1n) is 13.3. The highest BCUT2D eigenvalue weighted by Crippen LogP contribution is 2.75. The first kappa shape index (κ1) is 24.9. The zero-order chi connectivity index (χ0) is 27.7. The van der Waals surface area contributed by atoms with E-state index >= 15 is 0 Å². The zero-order valence-electron chi connectivity index (χ0n) is 22.0. The number of carbonyl (C=O) groups is 3. The van der Waals surface area contributed by atoms with Gasteiger partial charge in [-0.2, -0.15) is 0 Å². The largest absolute Gasteiger partial charge is 0.298 e. The quantitative estimate of drug-likeness (QED) is 0.225. The van der Waals surface area contributed by atoms with E-state index in [0.717, 1.165) is 22.3 Å². The molecule has 196 valence electrons. The lowest BCUT2D eigenvalue weighted by Crippen LogP contribution is -2.42. The highest BCUT2D eigenvalue weighted by Gasteiger charge is 2.80. The van der Waals surface area contributed by atoms with Gasteiger partial charge >= 0.3 is 0 Å². The van der Waals surface area contributed by atoms with Gasteiger partial charge in [-0.3, -0.25) is 24.5 Å². The van der Waals surface area contributed by atoms with Gasteiger partial charge in [-0.05, 0) is 53.7 Å². The molecule has 3 aromatic rings. The third-order valence-corrected chi connectivity index (χ3v) is 9.19. The first-order valence-corrected chi connectivity index (χ1v) is 13.3. The lowest BCUT2D eigenvalue weighted by Gasteiger charge is -2.38. The molecule has 3 aliphatic rings. The molecule has 0 spiro atoms. The van der Waals surface area contributed by atoms with E-state index < -0.39 is 39.4 Å². The fourth-order valence-corrected chi connectivity index (χ4v) is 7.70. The molecule has 4 atom stereocenters. The first-order chi connectivity index (χ1) is 18.8. The summed E-state index contributed by atoms with van der Waals surface area (Å²) in [6, 6.07) is 23.6. The molecule has 7 heteroatoms. The molecule has 2 aliphatic carbocycles. The van der Waals surface area contributed by atoms with Gasteiger partial charge in [-0.1, -0.05) is 74.5 Å². The van der Waals surface area contributed by atoms with E-state index in [1.165, 1.54) is 23.1 Å². The molecule has 0 N–H and O–H groups in total. The number of aryl methyl sites for hydroxylation is 1. The highest BCUT2D eigenvalue weighted by atomic mass is 16.6. The summed E-state index contributed by atoms with van der Waals surface area (Å²) in [5.41, 5.74) is 1.79. The Labute approximate surface area is 226 Å². The van der Waals surface area contributed by atoms with Crippen molar-refractivity contribution in [3.63, 3.8) is 0 Å². The van der Waals surface area contributed by atoms with Crippen LogP contribution in [0.2, 0.25) is 0 Å². The number of carbonyl (C=O) groups excluding carboxylic acids is 3. The summed E-state index contributed by atoms with van der Waals surface area (Å²) < 4.78 is 0. The van der Waals surface area contributed by atoms with Gasteiger partial charge in [-0.15, -0.1) is 0 Å². The summed E-state index contributed by atoms with van der Waals surface area (Å²) in [5, 5.41) is 11.3. The van der Waals surface area contributed by atoms with Crippen molar-refractivity contribution in [2.45, 2.75) is 33.6 Å². The summed E-state index contributed by atoms with van der Waals surface area (Å²) in [6.07, 6.45) is 0.753. The summed E-state index contributed by atoms with van der Waals surface area (Å²) in [7, 11) is 0. The van der Waals surface area contributed by atoms with Crippen molar-refractivity contribution in [2.24, 2.45) is 22.7 Å². The van der Waals surface area contributed by atoms with E-state index in [0.29, 0.717) is 24.1 Å². The second kappa shape index (κ2) is 8.56. The molecule has 0 radical (unpaired) electrons. The number of anilines is 1. The summed E-state index contributed by atoms with van der Waals surface area (Å²) in [5.74, 6) is -2.56. The van der Waals surface area contributed by atoms with Crippen LogP contribution in [0.1, 0.15) is 43.4 Å². The van der Waals surface area contributed by atoms with E-state index in [1.54, 1.807) is 6.92 Å². The fourth-order valence-electron chi connectivity index (χ4n) is 7.70.